The Labute approximate surface area is 161 Å². The number of aryl methyl sites for hydroxylation is 2. The van der Waals surface area contributed by atoms with E-state index in [2.05, 4.69) is 5.10 Å². The van der Waals surface area contributed by atoms with Crippen molar-refractivity contribution in [2.24, 2.45) is 0 Å². The number of hydrogen-bond acceptors (Lipinski definition) is 4. The second kappa shape index (κ2) is 7.25. The fraction of sp³-hybridized carbons (Fsp3) is 0.444. The summed E-state index contributed by atoms with van der Waals surface area (Å²) in [6.07, 6.45) is 3.01. The Morgan fingerprint density at radius 3 is 2.46 bits per heavy atom. The highest BCUT2D eigenvalue weighted by atomic mass is 32.2. The van der Waals surface area contributed by atoms with Gasteiger partial charge in [-0.05, 0) is 43.5 Å². The first-order chi connectivity index (χ1) is 13.4. The number of carbonyl (C=O) groups is 1. The topological polar surface area (TPSA) is 75.5 Å². The number of benzene rings is 1. The van der Waals surface area contributed by atoms with Gasteiger partial charge in [0.05, 0.1) is 0 Å². The Morgan fingerprint density at radius 1 is 1.00 bits per heavy atom. The van der Waals surface area contributed by atoms with Gasteiger partial charge in [0.15, 0.2) is 5.69 Å². The average molecular weight is 410 g/mol. The molecular formula is C18H20F2N4O3S. The summed E-state index contributed by atoms with van der Waals surface area (Å²) < 4.78 is 55.5. The highest BCUT2D eigenvalue weighted by Gasteiger charge is 2.33. The van der Waals surface area contributed by atoms with Gasteiger partial charge in [-0.1, -0.05) is 0 Å². The molecule has 0 bridgehead atoms. The molecular weight excluding hydrogens is 390 g/mol. The van der Waals surface area contributed by atoms with Crippen LogP contribution in [0.4, 0.5) is 8.78 Å². The SMILES string of the molecule is O=C(c1cc2n(n1)CCCC2)N1CCN(S(=O)(=O)c2cc(F)ccc2F)CC1. The third-order valence-corrected chi connectivity index (χ3v) is 7.09. The number of sulfonamides is 1. The molecule has 0 N–H and O–H groups in total. The highest BCUT2D eigenvalue weighted by Crippen LogP contribution is 2.22. The molecule has 0 aliphatic carbocycles. The zero-order valence-corrected chi connectivity index (χ0v) is 16.0. The maximum absolute atomic E-state index is 13.9. The van der Waals surface area contributed by atoms with Crippen LogP contribution in [0.5, 0.6) is 0 Å². The molecule has 1 aromatic heterocycles. The van der Waals surface area contributed by atoms with Crippen LogP contribution < -0.4 is 0 Å². The van der Waals surface area contributed by atoms with E-state index in [4.69, 9.17) is 0 Å². The summed E-state index contributed by atoms with van der Waals surface area (Å²) in [7, 11) is -4.17. The fourth-order valence-electron chi connectivity index (χ4n) is 3.63. The number of amides is 1. The highest BCUT2D eigenvalue weighted by molar-refractivity contribution is 7.89. The normalized spacial score (nSPS) is 18.1. The lowest BCUT2D eigenvalue weighted by Crippen LogP contribution is -2.50. The molecule has 1 amide bonds. The van der Waals surface area contributed by atoms with Gasteiger partial charge in [-0.25, -0.2) is 17.2 Å². The van der Waals surface area contributed by atoms with Crippen molar-refractivity contribution in [1.82, 2.24) is 19.0 Å². The molecule has 1 fully saturated rings. The molecule has 150 valence electrons. The molecule has 2 aromatic rings. The fourth-order valence-corrected chi connectivity index (χ4v) is 5.13. The number of halogens is 2. The second-order valence-electron chi connectivity index (χ2n) is 6.97. The van der Waals surface area contributed by atoms with E-state index in [9.17, 15) is 22.0 Å². The van der Waals surface area contributed by atoms with Crippen LogP contribution in [0.15, 0.2) is 29.2 Å². The first kappa shape index (κ1) is 19.0. The molecule has 28 heavy (non-hydrogen) atoms. The van der Waals surface area contributed by atoms with Gasteiger partial charge in [0.25, 0.3) is 5.91 Å². The van der Waals surface area contributed by atoms with Gasteiger partial charge >= 0.3 is 0 Å². The average Bonchev–Trinajstić information content (AvgIpc) is 3.13. The first-order valence-corrected chi connectivity index (χ1v) is 10.6. The van der Waals surface area contributed by atoms with Crippen molar-refractivity contribution in [2.45, 2.75) is 30.7 Å². The number of aromatic nitrogens is 2. The molecule has 1 aromatic carbocycles. The minimum Gasteiger partial charge on any atom is -0.335 e. The molecule has 7 nitrogen and oxygen atoms in total. The molecule has 0 saturated carbocycles. The molecule has 2 aliphatic heterocycles. The smallest absolute Gasteiger partial charge is 0.274 e. The minimum absolute atomic E-state index is 0.0115. The third-order valence-electron chi connectivity index (χ3n) is 5.17. The monoisotopic (exact) mass is 410 g/mol. The number of piperazine rings is 1. The third kappa shape index (κ3) is 3.42. The van der Waals surface area contributed by atoms with Crippen molar-refractivity contribution in [3.63, 3.8) is 0 Å². The van der Waals surface area contributed by atoms with E-state index in [1.807, 2.05) is 4.68 Å². The van der Waals surface area contributed by atoms with E-state index in [-0.39, 0.29) is 32.1 Å². The van der Waals surface area contributed by atoms with Crippen LogP contribution in [0.25, 0.3) is 0 Å². The van der Waals surface area contributed by atoms with Gasteiger partial charge in [0, 0.05) is 38.4 Å². The standard InChI is InChI=1S/C18H20F2N4O3S/c19-13-4-5-15(20)17(11-13)28(26,27)23-9-7-22(8-10-23)18(25)16-12-14-3-1-2-6-24(14)21-16/h4-5,11-12H,1-3,6-10H2. The summed E-state index contributed by atoms with van der Waals surface area (Å²) >= 11 is 0. The second-order valence-corrected chi connectivity index (χ2v) is 8.88. The molecule has 0 unspecified atom stereocenters. The lowest BCUT2D eigenvalue weighted by Gasteiger charge is -2.33. The van der Waals surface area contributed by atoms with E-state index >= 15 is 0 Å². The van der Waals surface area contributed by atoms with Gasteiger partial charge in [0.2, 0.25) is 10.0 Å². The van der Waals surface area contributed by atoms with Crippen LogP contribution in [-0.4, -0.2) is 59.5 Å². The van der Waals surface area contributed by atoms with Gasteiger partial charge in [-0.2, -0.15) is 9.40 Å². The first-order valence-electron chi connectivity index (χ1n) is 9.17. The molecule has 0 atom stereocenters. The Bertz CT molecular complexity index is 990. The Hall–Kier alpha value is -2.33. The summed E-state index contributed by atoms with van der Waals surface area (Å²) in [4.78, 5) is 13.6. The molecule has 0 spiro atoms. The van der Waals surface area contributed by atoms with E-state index in [1.165, 1.54) is 0 Å². The van der Waals surface area contributed by atoms with Crippen molar-refractivity contribution in [3.8, 4) is 0 Å². The number of fused-ring (bicyclic) bond motifs is 1. The molecule has 2 aliphatic rings. The van der Waals surface area contributed by atoms with E-state index in [0.29, 0.717) is 11.8 Å². The summed E-state index contributed by atoms with van der Waals surface area (Å²) in [5.41, 5.74) is 1.40. The van der Waals surface area contributed by atoms with Crippen LogP contribution in [0.2, 0.25) is 0 Å². The number of nitrogens with zero attached hydrogens (tertiary/aromatic N) is 4. The quantitative estimate of drug-likeness (QED) is 0.771. The van der Waals surface area contributed by atoms with Crippen molar-refractivity contribution in [2.75, 3.05) is 26.2 Å². The van der Waals surface area contributed by atoms with Crippen LogP contribution in [-0.2, 0) is 23.0 Å². The van der Waals surface area contributed by atoms with Gasteiger partial charge in [-0.3, -0.25) is 9.48 Å². The predicted molar refractivity (Wildman–Crippen MR) is 96.2 cm³/mol. The van der Waals surface area contributed by atoms with Crippen molar-refractivity contribution >= 4 is 15.9 Å². The van der Waals surface area contributed by atoms with Crippen molar-refractivity contribution in [3.05, 3.63) is 47.3 Å². The van der Waals surface area contributed by atoms with Crippen molar-refractivity contribution in [1.29, 1.82) is 0 Å². The summed E-state index contributed by atoms with van der Waals surface area (Å²) in [6.45, 7) is 1.15. The number of rotatable bonds is 3. The maximum Gasteiger partial charge on any atom is 0.274 e. The van der Waals surface area contributed by atoms with Gasteiger partial charge < -0.3 is 4.90 Å². The Balaban J connectivity index is 1.46. The van der Waals surface area contributed by atoms with E-state index in [1.54, 1.807) is 11.0 Å². The Kier molecular flexibility index (Phi) is 4.92. The van der Waals surface area contributed by atoms with Gasteiger partial charge in [-0.15, -0.1) is 0 Å². The Morgan fingerprint density at radius 2 is 1.75 bits per heavy atom. The lowest BCUT2D eigenvalue weighted by molar-refractivity contribution is 0.0690. The van der Waals surface area contributed by atoms with Crippen LogP contribution in [0.3, 0.4) is 0 Å². The van der Waals surface area contributed by atoms with Gasteiger partial charge in [0.1, 0.15) is 16.5 Å². The van der Waals surface area contributed by atoms with Crippen LogP contribution in [0.1, 0.15) is 29.0 Å². The maximum atomic E-state index is 13.9. The molecule has 0 radical (unpaired) electrons. The summed E-state index contributed by atoms with van der Waals surface area (Å²) in [6, 6.07) is 4.14. The van der Waals surface area contributed by atoms with Crippen molar-refractivity contribution < 1.29 is 22.0 Å². The summed E-state index contributed by atoms with van der Waals surface area (Å²) in [5, 5.41) is 4.36. The lowest BCUT2D eigenvalue weighted by atomic mass is 10.1. The zero-order valence-electron chi connectivity index (χ0n) is 15.1. The van der Waals surface area contributed by atoms with Crippen LogP contribution in [0, 0.1) is 11.6 Å². The summed E-state index contributed by atoms with van der Waals surface area (Å²) in [5.74, 6) is -2.06. The zero-order chi connectivity index (χ0) is 19.9. The van der Waals surface area contributed by atoms with E-state index < -0.39 is 26.6 Å². The molecule has 1 saturated heterocycles. The van der Waals surface area contributed by atoms with Crippen LogP contribution >= 0.6 is 0 Å². The van der Waals surface area contributed by atoms with E-state index in [0.717, 1.165) is 47.9 Å². The molecule has 3 heterocycles. The molecule has 4 rings (SSSR count). The molecule has 10 heteroatoms. The minimum atomic E-state index is -4.17. The number of hydrogen-bond donors (Lipinski definition) is 0. The predicted octanol–water partition coefficient (Wildman–Crippen LogP) is 1.64. The largest absolute Gasteiger partial charge is 0.335 e. The number of carbonyl (C=O) groups excluding carboxylic acids is 1.